The van der Waals surface area contributed by atoms with Gasteiger partial charge in [-0.3, -0.25) is 4.57 Å². The maximum absolute atomic E-state index is 10.3. The molecule has 3 heterocycles. The lowest BCUT2D eigenvalue weighted by Crippen LogP contribution is -2.32. The Kier molecular flexibility index (Phi) is 5.51. The third-order valence-electron chi connectivity index (χ3n) is 3.97. The first kappa shape index (κ1) is 17.4. The molecule has 0 bridgehead atoms. The Hall–Kier alpha value is -1.46. The van der Waals surface area contributed by atoms with Gasteiger partial charge in [0.05, 0.1) is 12.4 Å². The molecule has 1 saturated heterocycles. The van der Waals surface area contributed by atoms with Crippen molar-refractivity contribution in [2.45, 2.75) is 31.0 Å². The van der Waals surface area contributed by atoms with Gasteiger partial charge in [0.1, 0.15) is 18.5 Å². The van der Waals surface area contributed by atoms with E-state index in [1.807, 2.05) is 6.26 Å². The standard InChI is InChI=1S/C14H22N6O3S/c1-24-5-8-10(21)11(22)14(23-8)20-7-19-9-12(16-4-2-3-15)17-6-18-13(9)20/h6-8,10-11,14,21-22H,2-5,15H2,1H3,(H,16,17,18)/t8-,10-,11-,14-/m1/s1. The van der Waals surface area contributed by atoms with Crippen LogP contribution in [0.15, 0.2) is 12.7 Å². The molecule has 3 rings (SSSR count). The number of fused-ring (bicyclic) bond motifs is 1. The number of aliphatic hydroxyl groups is 2. The number of thioether (sulfide) groups is 1. The van der Waals surface area contributed by atoms with Crippen LogP contribution in [0.25, 0.3) is 11.2 Å². The van der Waals surface area contributed by atoms with E-state index in [4.69, 9.17) is 10.5 Å². The fraction of sp³-hybridized carbons (Fsp3) is 0.643. The molecule has 132 valence electrons. The second-order valence-corrected chi connectivity index (χ2v) is 6.53. The van der Waals surface area contributed by atoms with E-state index >= 15 is 0 Å². The lowest BCUT2D eigenvalue weighted by atomic mass is 10.1. The molecule has 0 spiro atoms. The van der Waals surface area contributed by atoms with E-state index in [-0.39, 0.29) is 0 Å². The fourth-order valence-electron chi connectivity index (χ4n) is 2.74. The van der Waals surface area contributed by atoms with Crippen LogP contribution >= 0.6 is 11.8 Å². The van der Waals surface area contributed by atoms with E-state index in [9.17, 15) is 10.2 Å². The number of anilines is 1. The molecule has 0 saturated carbocycles. The van der Waals surface area contributed by atoms with Crippen molar-refractivity contribution in [1.82, 2.24) is 19.5 Å². The molecule has 24 heavy (non-hydrogen) atoms. The average Bonchev–Trinajstić information content (AvgIpc) is 3.12. The van der Waals surface area contributed by atoms with Gasteiger partial charge in [-0.2, -0.15) is 11.8 Å². The van der Waals surface area contributed by atoms with Crippen LogP contribution in [0.5, 0.6) is 0 Å². The lowest BCUT2D eigenvalue weighted by Gasteiger charge is -2.16. The first-order valence-corrected chi connectivity index (χ1v) is 9.18. The van der Waals surface area contributed by atoms with Gasteiger partial charge in [-0.15, -0.1) is 0 Å². The molecule has 0 unspecified atom stereocenters. The Labute approximate surface area is 143 Å². The van der Waals surface area contributed by atoms with E-state index < -0.39 is 24.5 Å². The highest BCUT2D eigenvalue weighted by atomic mass is 32.2. The number of hydrogen-bond donors (Lipinski definition) is 4. The molecule has 1 aliphatic rings. The van der Waals surface area contributed by atoms with Gasteiger partial charge >= 0.3 is 0 Å². The third kappa shape index (κ3) is 3.20. The normalized spacial score (nSPS) is 27.0. The highest BCUT2D eigenvalue weighted by Gasteiger charge is 2.43. The van der Waals surface area contributed by atoms with Crippen molar-refractivity contribution in [3.05, 3.63) is 12.7 Å². The summed E-state index contributed by atoms with van der Waals surface area (Å²) in [5, 5.41) is 23.6. The first-order valence-electron chi connectivity index (χ1n) is 7.79. The molecule has 0 radical (unpaired) electrons. The highest BCUT2D eigenvalue weighted by molar-refractivity contribution is 7.98. The highest BCUT2D eigenvalue weighted by Crippen LogP contribution is 2.33. The molecule has 2 aromatic rings. The van der Waals surface area contributed by atoms with Gasteiger partial charge in [0.25, 0.3) is 0 Å². The minimum absolute atomic E-state index is 0.429. The van der Waals surface area contributed by atoms with Gasteiger partial charge in [0.2, 0.25) is 0 Å². The SMILES string of the molecule is CSC[C@H]1O[C@@H](n2cnc3c(NCCCN)ncnc32)[C@H](O)[C@@H]1O. The van der Waals surface area contributed by atoms with Crippen LogP contribution in [0.4, 0.5) is 5.82 Å². The maximum Gasteiger partial charge on any atom is 0.167 e. The first-order chi connectivity index (χ1) is 11.7. The van der Waals surface area contributed by atoms with Crippen LogP contribution in [0.1, 0.15) is 12.6 Å². The van der Waals surface area contributed by atoms with Gasteiger partial charge in [0, 0.05) is 12.3 Å². The number of aliphatic hydroxyl groups excluding tert-OH is 2. The fourth-order valence-corrected chi connectivity index (χ4v) is 3.34. The topological polar surface area (TPSA) is 131 Å². The molecule has 0 aliphatic carbocycles. The molecule has 5 N–H and O–H groups in total. The van der Waals surface area contributed by atoms with E-state index in [1.165, 1.54) is 6.33 Å². The monoisotopic (exact) mass is 354 g/mol. The molecule has 0 aromatic carbocycles. The Morgan fingerprint density at radius 2 is 2.17 bits per heavy atom. The Morgan fingerprint density at radius 1 is 1.33 bits per heavy atom. The average molecular weight is 354 g/mol. The largest absolute Gasteiger partial charge is 0.387 e. The number of rotatable bonds is 7. The summed E-state index contributed by atoms with van der Waals surface area (Å²) in [5.74, 6) is 1.21. The van der Waals surface area contributed by atoms with Crippen molar-refractivity contribution in [3.63, 3.8) is 0 Å². The summed E-state index contributed by atoms with van der Waals surface area (Å²) in [6.07, 6.45) is 2.59. The van der Waals surface area contributed by atoms with Crippen LogP contribution in [-0.4, -0.2) is 73.1 Å². The number of nitrogens with zero attached hydrogens (tertiary/aromatic N) is 4. The maximum atomic E-state index is 10.3. The zero-order valence-corrected chi connectivity index (χ0v) is 14.2. The number of aromatic nitrogens is 4. The predicted octanol–water partition coefficient (Wildman–Crippen LogP) is -0.431. The van der Waals surface area contributed by atoms with Crippen molar-refractivity contribution in [2.75, 3.05) is 30.4 Å². The summed E-state index contributed by atoms with van der Waals surface area (Å²) in [6, 6.07) is 0. The second-order valence-electron chi connectivity index (χ2n) is 5.62. The van der Waals surface area contributed by atoms with Crippen LogP contribution in [-0.2, 0) is 4.74 Å². The van der Waals surface area contributed by atoms with E-state index in [0.717, 1.165) is 6.42 Å². The summed E-state index contributed by atoms with van der Waals surface area (Å²) < 4.78 is 7.46. The summed E-state index contributed by atoms with van der Waals surface area (Å²) >= 11 is 1.55. The summed E-state index contributed by atoms with van der Waals surface area (Å²) in [6.45, 7) is 1.28. The minimum atomic E-state index is -1.04. The van der Waals surface area contributed by atoms with Crippen molar-refractivity contribution in [2.24, 2.45) is 5.73 Å². The van der Waals surface area contributed by atoms with Gasteiger partial charge in [0.15, 0.2) is 23.2 Å². The Bertz CT molecular complexity index is 684. The predicted molar refractivity (Wildman–Crippen MR) is 91.8 cm³/mol. The second kappa shape index (κ2) is 7.62. The van der Waals surface area contributed by atoms with Gasteiger partial charge < -0.3 is 26.0 Å². The molecular weight excluding hydrogens is 332 g/mol. The van der Waals surface area contributed by atoms with Crippen LogP contribution in [0.2, 0.25) is 0 Å². The number of ether oxygens (including phenoxy) is 1. The zero-order valence-electron chi connectivity index (χ0n) is 13.4. The number of imidazole rings is 1. The molecule has 4 atom stereocenters. The van der Waals surface area contributed by atoms with Gasteiger partial charge in [-0.1, -0.05) is 0 Å². The number of nitrogens with one attached hydrogen (secondary N) is 1. The molecule has 1 fully saturated rings. The molecule has 2 aromatic heterocycles. The van der Waals surface area contributed by atoms with E-state index in [1.54, 1.807) is 22.7 Å². The van der Waals surface area contributed by atoms with E-state index in [0.29, 0.717) is 35.8 Å². The lowest BCUT2D eigenvalue weighted by molar-refractivity contribution is -0.0288. The zero-order chi connectivity index (χ0) is 17.1. The number of hydrogen-bond acceptors (Lipinski definition) is 9. The molecule has 10 heteroatoms. The quantitative estimate of drug-likeness (QED) is 0.489. The van der Waals surface area contributed by atoms with Crippen molar-refractivity contribution in [3.8, 4) is 0 Å². The molecular formula is C14H22N6O3S. The molecule has 9 nitrogen and oxygen atoms in total. The van der Waals surface area contributed by atoms with Crippen molar-refractivity contribution in [1.29, 1.82) is 0 Å². The Morgan fingerprint density at radius 3 is 2.92 bits per heavy atom. The van der Waals surface area contributed by atoms with Crippen LogP contribution in [0.3, 0.4) is 0 Å². The van der Waals surface area contributed by atoms with Crippen molar-refractivity contribution < 1.29 is 14.9 Å². The summed E-state index contributed by atoms with van der Waals surface area (Å²) in [4.78, 5) is 12.8. The summed E-state index contributed by atoms with van der Waals surface area (Å²) in [5.41, 5.74) is 6.63. The Balaban J connectivity index is 1.87. The van der Waals surface area contributed by atoms with Crippen molar-refractivity contribution >= 4 is 28.7 Å². The molecule has 0 amide bonds. The third-order valence-corrected chi connectivity index (χ3v) is 4.64. The minimum Gasteiger partial charge on any atom is -0.387 e. The van der Waals surface area contributed by atoms with Crippen LogP contribution in [0, 0.1) is 0 Å². The van der Waals surface area contributed by atoms with E-state index in [2.05, 4.69) is 20.3 Å². The smallest absolute Gasteiger partial charge is 0.167 e. The van der Waals surface area contributed by atoms with Gasteiger partial charge in [-0.25, -0.2) is 15.0 Å². The van der Waals surface area contributed by atoms with Crippen LogP contribution < -0.4 is 11.1 Å². The van der Waals surface area contributed by atoms with Gasteiger partial charge in [-0.05, 0) is 19.2 Å². The summed E-state index contributed by atoms with van der Waals surface area (Å²) in [7, 11) is 0. The number of nitrogens with two attached hydrogens (primary N) is 1. The molecule has 1 aliphatic heterocycles.